The van der Waals surface area contributed by atoms with E-state index >= 15 is 0 Å². The lowest BCUT2D eigenvalue weighted by Crippen LogP contribution is -2.41. The zero-order chi connectivity index (χ0) is 14.0. The first-order valence-electron chi connectivity index (χ1n) is 8.36. The fraction of sp³-hybridized carbons (Fsp3) is 0.938. The molecular weight excluding hydrogens is 250 g/mol. The number of nitrogens with zero attached hydrogens (tertiary/aromatic N) is 3. The summed E-state index contributed by atoms with van der Waals surface area (Å²) in [4.78, 5) is 19.4. The van der Waals surface area contributed by atoms with E-state index in [1.807, 2.05) is 0 Å². The highest BCUT2D eigenvalue weighted by Crippen LogP contribution is 2.40. The maximum atomic E-state index is 12.4. The van der Waals surface area contributed by atoms with Gasteiger partial charge >= 0.3 is 0 Å². The van der Waals surface area contributed by atoms with E-state index in [4.69, 9.17) is 0 Å². The van der Waals surface area contributed by atoms with E-state index in [1.54, 1.807) is 0 Å². The second-order valence-corrected chi connectivity index (χ2v) is 7.17. The van der Waals surface area contributed by atoms with Crippen LogP contribution in [0.15, 0.2) is 0 Å². The Kier molecular flexibility index (Phi) is 4.32. The molecule has 0 saturated carbocycles. The van der Waals surface area contributed by atoms with E-state index in [-0.39, 0.29) is 0 Å². The van der Waals surface area contributed by atoms with Gasteiger partial charge in [0.05, 0.1) is 0 Å². The van der Waals surface area contributed by atoms with E-state index in [2.05, 4.69) is 21.7 Å². The maximum absolute atomic E-state index is 12.4. The smallest absolute Gasteiger partial charge is 0.223 e. The minimum absolute atomic E-state index is 0.396. The Morgan fingerprint density at radius 1 is 1.00 bits per heavy atom. The van der Waals surface area contributed by atoms with Gasteiger partial charge in [-0.1, -0.05) is 0 Å². The number of hydrogen-bond acceptors (Lipinski definition) is 3. The molecule has 0 aromatic heterocycles. The number of hydrogen-bond donors (Lipinski definition) is 0. The van der Waals surface area contributed by atoms with Crippen molar-refractivity contribution in [1.29, 1.82) is 0 Å². The molecule has 3 heterocycles. The lowest BCUT2D eigenvalue weighted by molar-refractivity contribution is -0.131. The van der Waals surface area contributed by atoms with E-state index in [0.717, 1.165) is 26.1 Å². The quantitative estimate of drug-likeness (QED) is 0.782. The summed E-state index contributed by atoms with van der Waals surface area (Å²) in [5, 5.41) is 0. The summed E-state index contributed by atoms with van der Waals surface area (Å²) >= 11 is 0. The summed E-state index contributed by atoms with van der Waals surface area (Å²) in [7, 11) is 2.21. The van der Waals surface area contributed by atoms with Crippen LogP contribution in [0.1, 0.15) is 38.5 Å². The van der Waals surface area contributed by atoms with Gasteiger partial charge in [-0.2, -0.15) is 0 Å². The van der Waals surface area contributed by atoms with Gasteiger partial charge in [-0.25, -0.2) is 0 Å². The second-order valence-electron chi connectivity index (χ2n) is 7.17. The Morgan fingerprint density at radius 2 is 1.65 bits per heavy atom. The van der Waals surface area contributed by atoms with Crippen molar-refractivity contribution < 1.29 is 4.79 Å². The number of carbonyl (C=O) groups is 1. The Bertz CT molecular complexity index is 344. The summed E-state index contributed by atoms with van der Waals surface area (Å²) in [5.74, 6) is 0.396. The second kappa shape index (κ2) is 6.02. The third-order valence-electron chi connectivity index (χ3n) is 5.68. The van der Waals surface area contributed by atoms with Gasteiger partial charge in [0.15, 0.2) is 0 Å². The first kappa shape index (κ1) is 14.3. The molecule has 0 aromatic carbocycles. The molecule has 4 nitrogen and oxygen atoms in total. The summed E-state index contributed by atoms with van der Waals surface area (Å²) in [6.07, 6.45) is 7.15. The van der Waals surface area contributed by atoms with Crippen molar-refractivity contribution >= 4 is 5.91 Å². The van der Waals surface area contributed by atoms with Crippen LogP contribution in [-0.2, 0) is 4.79 Å². The van der Waals surface area contributed by atoms with Crippen LogP contribution in [0, 0.1) is 5.41 Å². The Balaban J connectivity index is 1.45. The molecule has 3 saturated heterocycles. The summed E-state index contributed by atoms with van der Waals surface area (Å²) in [5.41, 5.74) is 0.454. The van der Waals surface area contributed by atoms with Crippen LogP contribution in [-0.4, -0.2) is 73.5 Å². The molecule has 0 unspecified atom stereocenters. The van der Waals surface area contributed by atoms with Crippen molar-refractivity contribution in [3.05, 3.63) is 0 Å². The average molecular weight is 279 g/mol. The van der Waals surface area contributed by atoms with Crippen molar-refractivity contribution in [2.45, 2.75) is 38.5 Å². The fourth-order valence-electron chi connectivity index (χ4n) is 4.07. The highest BCUT2D eigenvalue weighted by Gasteiger charge is 2.41. The lowest BCUT2D eigenvalue weighted by atomic mass is 9.78. The van der Waals surface area contributed by atoms with Gasteiger partial charge in [-0.3, -0.25) is 4.79 Å². The van der Waals surface area contributed by atoms with Crippen molar-refractivity contribution in [3.63, 3.8) is 0 Å². The Labute approximate surface area is 123 Å². The average Bonchev–Trinajstić information content (AvgIpc) is 3.10. The lowest BCUT2D eigenvalue weighted by Gasteiger charge is -2.37. The van der Waals surface area contributed by atoms with Crippen LogP contribution in [0.2, 0.25) is 0 Å². The standard InChI is InChI=1S/C16H29N3O/c1-17-11-5-16(6-12-17)7-13-19(14-16)15(20)4-10-18-8-2-3-9-18/h2-14H2,1H3. The monoisotopic (exact) mass is 279 g/mol. The fourth-order valence-corrected chi connectivity index (χ4v) is 4.07. The molecule has 3 aliphatic rings. The number of rotatable bonds is 3. The zero-order valence-corrected chi connectivity index (χ0v) is 12.9. The zero-order valence-electron chi connectivity index (χ0n) is 12.9. The molecule has 3 fully saturated rings. The van der Waals surface area contributed by atoms with Crippen LogP contribution in [0.25, 0.3) is 0 Å². The molecule has 3 rings (SSSR count). The molecule has 1 amide bonds. The van der Waals surface area contributed by atoms with Gasteiger partial charge in [0.1, 0.15) is 0 Å². The molecule has 0 radical (unpaired) electrons. The molecule has 114 valence electrons. The Morgan fingerprint density at radius 3 is 2.35 bits per heavy atom. The van der Waals surface area contributed by atoms with Gasteiger partial charge < -0.3 is 14.7 Å². The molecule has 0 aliphatic carbocycles. The molecule has 4 heteroatoms. The number of carbonyl (C=O) groups excluding carboxylic acids is 1. The number of piperidine rings is 1. The Hall–Kier alpha value is -0.610. The first-order chi connectivity index (χ1) is 9.67. The molecular formula is C16H29N3O. The summed E-state index contributed by atoms with van der Waals surface area (Å²) in [6.45, 7) is 7.81. The van der Waals surface area contributed by atoms with E-state index < -0.39 is 0 Å². The van der Waals surface area contributed by atoms with Crippen LogP contribution >= 0.6 is 0 Å². The van der Waals surface area contributed by atoms with Gasteiger partial charge in [0.25, 0.3) is 0 Å². The molecule has 0 atom stereocenters. The third kappa shape index (κ3) is 3.17. The third-order valence-corrected chi connectivity index (χ3v) is 5.68. The predicted octanol–water partition coefficient (Wildman–Crippen LogP) is 1.42. The molecule has 20 heavy (non-hydrogen) atoms. The van der Waals surface area contributed by atoms with Crippen LogP contribution in [0.3, 0.4) is 0 Å². The van der Waals surface area contributed by atoms with Crippen molar-refractivity contribution in [2.24, 2.45) is 5.41 Å². The minimum Gasteiger partial charge on any atom is -0.342 e. The van der Waals surface area contributed by atoms with Crippen LogP contribution < -0.4 is 0 Å². The minimum atomic E-state index is 0.396. The van der Waals surface area contributed by atoms with Crippen molar-refractivity contribution in [1.82, 2.24) is 14.7 Å². The first-order valence-corrected chi connectivity index (χ1v) is 8.36. The van der Waals surface area contributed by atoms with Crippen molar-refractivity contribution in [3.8, 4) is 0 Å². The molecule has 3 aliphatic heterocycles. The number of amides is 1. The van der Waals surface area contributed by atoms with Crippen LogP contribution in [0.4, 0.5) is 0 Å². The van der Waals surface area contributed by atoms with E-state index in [0.29, 0.717) is 11.3 Å². The highest BCUT2D eigenvalue weighted by atomic mass is 16.2. The van der Waals surface area contributed by atoms with Gasteiger partial charge in [0.2, 0.25) is 5.91 Å². The number of likely N-dealkylation sites (tertiary alicyclic amines) is 3. The molecule has 1 spiro atoms. The van der Waals surface area contributed by atoms with Gasteiger partial charge in [-0.15, -0.1) is 0 Å². The summed E-state index contributed by atoms with van der Waals surface area (Å²) < 4.78 is 0. The normalized spacial score (nSPS) is 27.6. The van der Waals surface area contributed by atoms with Crippen LogP contribution in [0.5, 0.6) is 0 Å². The topological polar surface area (TPSA) is 26.8 Å². The van der Waals surface area contributed by atoms with E-state index in [1.165, 1.54) is 58.3 Å². The SMILES string of the molecule is CN1CCC2(CC1)CCN(C(=O)CCN1CCCC1)C2. The largest absolute Gasteiger partial charge is 0.342 e. The summed E-state index contributed by atoms with van der Waals surface area (Å²) in [6, 6.07) is 0. The van der Waals surface area contributed by atoms with E-state index in [9.17, 15) is 4.79 Å². The molecule has 0 N–H and O–H groups in total. The van der Waals surface area contributed by atoms with Gasteiger partial charge in [-0.05, 0) is 70.7 Å². The molecule has 0 bridgehead atoms. The maximum Gasteiger partial charge on any atom is 0.223 e. The highest BCUT2D eigenvalue weighted by molar-refractivity contribution is 5.76. The van der Waals surface area contributed by atoms with Gasteiger partial charge in [0, 0.05) is 26.1 Å². The molecule has 0 aromatic rings. The predicted molar refractivity (Wildman–Crippen MR) is 80.7 cm³/mol. The van der Waals surface area contributed by atoms with Crippen molar-refractivity contribution in [2.75, 3.05) is 52.9 Å².